The van der Waals surface area contributed by atoms with Crippen molar-refractivity contribution in [2.24, 2.45) is 4.99 Å². The number of nitrogens with zero attached hydrogens (tertiary/aromatic N) is 2. The molecular formula is C31H29ClN2O6S. The molecule has 3 heterocycles. The lowest BCUT2D eigenvalue weighted by Gasteiger charge is -2.27. The number of fused-ring (bicyclic) bond motifs is 1. The van der Waals surface area contributed by atoms with E-state index in [1.807, 2.05) is 31.2 Å². The first kappa shape index (κ1) is 28.4. The molecule has 41 heavy (non-hydrogen) atoms. The van der Waals surface area contributed by atoms with Crippen LogP contribution in [0.5, 0.6) is 11.5 Å². The average molecular weight is 593 g/mol. The topological polar surface area (TPSA) is 92.3 Å². The Labute approximate surface area is 245 Å². The second-order valence-corrected chi connectivity index (χ2v) is 10.7. The van der Waals surface area contributed by atoms with Gasteiger partial charge in [0.25, 0.3) is 5.56 Å². The van der Waals surface area contributed by atoms with Crippen LogP contribution in [0.2, 0.25) is 5.02 Å². The van der Waals surface area contributed by atoms with Crippen LogP contribution < -0.4 is 24.4 Å². The van der Waals surface area contributed by atoms with Gasteiger partial charge in [0.15, 0.2) is 4.80 Å². The highest BCUT2D eigenvalue weighted by molar-refractivity contribution is 7.07. The average Bonchev–Trinajstić information content (AvgIpc) is 3.56. The lowest BCUT2D eigenvalue weighted by molar-refractivity contribution is -0.139. The second-order valence-electron chi connectivity index (χ2n) is 9.23. The fraction of sp³-hybridized carbons (Fsp3) is 0.258. The van der Waals surface area contributed by atoms with E-state index < -0.39 is 12.0 Å². The number of rotatable bonds is 9. The summed E-state index contributed by atoms with van der Waals surface area (Å²) >= 11 is 7.38. The van der Waals surface area contributed by atoms with Crippen LogP contribution in [0.15, 0.2) is 80.1 Å². The van der Waals surface area contributed by atoms with Gasteiger partial charge in [0, 0.05) is 22.2 Å². The Kier molecular flexibility index (Phi) is 8.46. The van der Waals surface area contributed by atoms with Gasteiger partial charge in [-0.1, -0.05) is 48.4 Å². The van der Waals surface area contributed by atoms with Crippen LogP contribution in [0.1, 0.15) is 44.1 Å². The fourth-order valence-electron chi connectivity index (χ4n) is 4.82. The minimum absolute atomic E-state index is 0.182. The van der Waals surface area contributed by atoms with E-state index in [1.165, 1.54) is 15.9 Å². The Hall–Kier alpha value is -4.08. The highest BCUT2D eigenvalue weighted by Gasteiger charge is 2.36. The number of furan rings is 1. The SMILES string of the molecule is CCCC1=C(C(=O)OCC)[C@@H](c2cc(OC)ccc2OC)n2c(s/c(=C\c3ccc(-c4cccc(Cl)c4)o3)c2=O)=N1. The number of ether oxygens (including phenoxy) is 3. The Morgan fingerprint density at radius 1 is 1.12 bits per heavy atom. The Morgan fingerprint density at radius 2 is 1.95 bits per heavy atom. The molecule has 2 aromatic heterocycles. The van der Waals surface area contributed by atoms with Crippen molar-refractivity contribution >= 4 is 35.0 Å². The third kappa shape index (κ3) is 5.60. The van der Waals surface area contributed by atoms with Gasteiger partial charge in [-0.25, -0.2) is 9.79 Å². The zero-order chi connectivity index (χ0) is 29.1. The predicted molar refractivity (Wildman–Crippen MR) is 158 cm³/mol. The summed E-state index contributed by atoms with van der Waals surface area (Å²) in [7, 11) is 3.10. The van der Waals surface area contributed by atoms with Crippen molar-refractivity contribution in [2.75, 3.05) is 20.8 Å². The second kappa shape index (κ2) is 12.2. The third-order valence-corrected chi connectivity index (χ3v) is 7.85. The lowest BCUT2D eigenvalue weighted by Crippen LogP contribution is -2.40. The van der Waals surface area contributed by atoms with Crippen LogP contribution in [0, 0.1) is 0 Å². The summed E-state index contributed by atoms with van der Waals surface area (Å²) in [6, 6.07) is 15.4. The Bertz CT molecular complexity index is 1820. The molecule has 0 fully saturated rings. The van der Waals surface area contributed by atoms with Crippen molar-refractivity contribution in [3.8, 4) is 22.8 Å². The van der Waals surface area contributed by atoms with Crippen LogP contribution in [-0.4, -0.2) is 31.4 Å². The zero-order valence-electron chi connectivity index (χ0n) is 23.1. The van der Waals surface area contributed by atoms with E-state index in [2.05, 4.69) is 0 Å². The molecule has 0 amide bonds. The number of hydrogen-bond donors (Lipinski definition) is 0. The van der Waals surface area contributed by atoms with Crippen molar-refractivity contribution in [3.63, 3.8) is 0 Å². The van der Waals surface area contributed by atoms with Crippen LogP contribution in [-0.2, 0) is 9.53 Å². The maximum atomic E-state index is 14.0. The van der Waals surface area contributed by atoms with Crippen molar-refractivity contribution in [3.05, 3.63) is 102 Å². The van der Waals surface area contributed by atoms with Gasteiger partial charge < -0.3 is 18.6 Å². The Balaban J connectivity index is 1.72. The largest absolute Gasteiger partial charge is 0.497 e. The van der Waals surface area contributed by atoms with Crippen LogP contribution in [0.25, 0.3) is 17.4 Å². The van der Waals surface area contributed by atoms with Crippen molar-refractivity contribution in [1.82, 2.24) is 4.57 Å². The molecule has 0 spiro atoms. The first-order valence-corrected chi connectivity index (χ1v) is 14.4. The molecule has 0 radical (unpaired) electrons. The van der Waals surface area contributed by atoms with E-state index in [9.17, 15) is 9.59 Å². The quantitative estimate of drug-likeness (QED) is 0.238. The smallest absolute Gasteiger partial charge is 0.338 e. The minimum atomic E-state index is -0.835. The van der Waals surface area contributed by atoms with E-state index in [1.54, 1.807) is 57.6 Å². The molecule has 2 aromatic carbocycles. The summed E-state index contributed by atoms with van der Waals surface area (Å²) in [5.74, 6) is 1.66. The molecule has 0 unspecified atom stereocenters. The van der Waals surface area contributed by atoms with E-state index >= 15 is 0 Å². The molecular weight excluding hydrogens is 564 g/mol. The number of carbonyl (C=O) groups is 1. The highest BCUT2D eigenvalue weighted by atomic mass is 35.5. The number of esters is 1. The van der Waals surface area contributed by atoms with Gasteiger partial charge in [0.2, 0.25) is 0 Å². The molecule has 8 nitrogen and oxygen atoms in total. The summed E-state index contributed by atoms with van der Waals surface area (Å²) in [6.45, 7) is 3.94. The molecule has 1 aliphatic rings. The van der Waals surface area contributed by atoms with Gasteiger partial charge in [-0.05, 0) is 55.8 Å². The monoisotopic (exact) mass is 592 g/mol. The van der Waals surface area contributed by atoms with Gasteiger partial charge in [-0.2, -0.15) is 0 Å². The molecule has 0 aliphatic carbocycles. The fourth-order valence-corrected chi connectivity index (χ4v) is 6.02. The van der Waals surface area contributed by atoms with Crippen molar-refractivity contribution < 1.29 is 23.4 Å². The highest BCUT2D eigenvalue weighted by Crippen LogP contribution is 2.38. The van der Waals surface area contributed by atoms with E-state index in [-0.39, 0.29) is 12.2 Å². The first-order valence-electron chi connectivity index (χ1n) is 13.2. The number of benzene rings is 2. The number of halogens is 1. The summed E-state index contributed by atoms with van der Waals surface area (Å²) in [5.41, 5.74) is 1.98. The van der Waals surface area contributed by atoms with E-state index in [0.29, 0.717) is 60.6 Å². The van der Waals surface area contributed by atoms with Gasteiger partial charge >= 0.3 is 5.97 Å². The first-order chi connectivity index (χ1) is 19.9. The number of hydrogen-bond acceptors (Lipinski definition) is 8. The number of thiazole rings is 1. The molecule has 1 aliphatic heterocycles. The van der Waals surface area contributed by atoms with Crippen LogP contribution in [0.3, 0.4) is 0 Å². The third-order valence-electron chi connectivity index (χ3n) is 6.63. The number of methoxy groups -OCH3 is 2. The molecule has 0 N–H and O–H groups in total. The predicted octanol–water partition coefficient (Wildman–Crippen LogP) is 5.51. The summed E-state index contributed by atoms with van der Waals surface area (Å²) in [6.07, 6.45) is 2.96. The maximum absolute atomic E-state index is 14.0. The van der Waals surface area contributed by atoms with Crippen molar-refractivity contribution in [1.29, 1.82) is 0 Å². The summed E-state index contributed by atoms with van der Waals surface area (Å²) in [5, 5.41) is 0.599. The molecule has 0 saturated heterocycles. The number of carbonyl (C=O) groups excluding carboxylic acids is 1. The minimum Gasteiger partial charge on any atom is -0.497 e. The van der Waals surface area contributed by atoms with Gasteiger partial charge in [-0.15, -0.1) is 0 Å². The maximum Gasteiger partial charge on any atom is 0.338 e. The van der Waals surface area contributed by atoms with Crippen LogP contribution >= 0.6 is 22.9 Å². The van der Waals surface area contributed by atoms with E-state index in [4.69, 9.17) is 35.2 Å². The molecule has 5 rings (SSSR count). The molecule has 0 bridgehead atoms. The van der Waals surface area contributed by atoms with E-state index in [0.717, 1.165) is 12.0 Å². The molecule has 4 aromatic rings. The molecule has 0 saturated carbocycles. The summed E-state index contributed by atoms with van der Waals surface area (Å²) < 4.78 is 24.6. The molecule has 1 atom stereocenters. The van der Waals surface area contributed by atoms with Gasteiger partial charge in [0.1, 0.15) is 29.1 Å². The number of allylic oxidation sites excluding steroid dienone is 1. The van der Waals surface area contributed by atoms with Crippen molar-refractivity contribution in [2.45, 2.75) is 32.7 Å². The molecule has 212 valence electrons. The van der Waals surface area contributed by atoms with Crippen LogP contribution in [0.4, 0.5) is 0 Å². The summed E-state index contributed by atoms with van der Waals surface area (Å²) in [4.78, 5) is 32.8. The van der Waals surface area contributed by atoms with Gasteiger partial charge in [0.05, 0.1) is 36.6 Å². The van der Waals surface area contributed by atoms with Gasteiger partial charge in [-0.3, -0.25) is 9.36 Å². The zero-order valence-corrected chi connectivity index (χ0v) is 24.7. The standard InChI is InChI=1S/C31H29ClN2O6S/c1-5-8-23-27(30(36)39-6-2)28(22-16-20(37-3)11-14-25(22)38-4)34-29(35)26(41-31(34)33-23)17-21-12-13-24(40-21)18-9-7-10-19(32)15-18/h7,9-17,28H,5-6,8H2,1-4H3/b26-17-/t28-/m1/s1. The molecule has 10 heteroatoms. The number of aromatic nitrogens is 1. The lowest BCUT2D eigenvalue weighted by atomic mass is 9.93. The Morgan fingerprint density at radius 3 is 2.66 bits per heavy atom. The normalized spacial score (nSPS) is 15.0.